The van der Waals surface area contributed by atoms with Crippen LogP contribution in [0.1, 0.15) is 13.3 Å². The van der Waals surface area contributed by atoms with E-state index in [1.807, 2.05) is 6.92 Å². The molecule has 2 atom stereocenters. The largest absolute Gasteiger partial charge is 0.512 e. The van der Waals surface area contributed by atoms with Gasteiger partial charge in [0, 0.05) is 6.42 Å². The Morgan fingerprint density at radius 2 is 2.55 bits per heavy atom. The van der Waals surface area contributed by atoms with Crippen LogP contribution in [0, 0.1) is 12.3 Å². The number of allylic oxidation sites excluding steroid dienone is 1. The van der Waals surface area contributed by atoms with Crippen molar-refractivity contribution in [2.75, 3.05) is 6.61 Å². The highest BCUT2D eigenvalue weighted by molar-refractivity contribution is 7.40. The predicted molar refractivity (Wildman–Crippen MR) is 46.7 cm³/mol. The van der Waals surface area contributed by atoms with Gasteiger partial charge in [0.2, 0.25) is 0 Å². The Kier molecular flexibility index (Phi) is 5.74. The summed E-state index contributed by atoms with van der Waals surface area (Å²) < 4.78 is 15.9. The van der Waals surface area contributed by atoms with E-state index in [2.05, 4.69) is 12.5 Å². The molecule has 0 aliphatic rings. The zero-order valence-electron chi connectivity index (χ0n) is 6.62. The van der Waals surface area contributed by atoms with Crippen molar-refractivity contribution in [1.29, 1.82) is 0 Å². The van der Waals surface area contributed by atoms with Gasteiger partial charge in [0.25, 0.3) is 0 Å². The molecule has 0 saturated heterocycles. The van der Waals surface area contributed by atoms with Crippen LogP contribution >= 0.6 is 8.03 Å². The van der Waals surface area contributed by atoms with Gasteiger partial charge in [-0.2, -0.15) is 0 Å². The van der Waals surface area contributed by atoms with E-state index in [1.165, 1.54) is 0 Å². The topological polar surface area (TPSA) is 26.3 Å². The normalized spacial score (nSPS) is 13.3. The van der Waals surface area contributed by atoms with Gasteiger partial charge in [-0.05, 0) is 11.5 Å². The number of rotatable bonds is 5. The molecular formula is C8H12O2P+. The van der Waals surface area contributed by atoms with E-state index >= 15 is 0 Å². The maximum Gasteiger partial charge on any atom is 0.512 e. The SMILES string of the molecule is C#CCO[P+](=O)C(C)CC=C. The molecule has 0 aliphatic heterocycles. The molecule has 0 bridgehead atoms. The second-order valence-corrected chi connectivity index (χ2v) is 3.85. The minimum absolute atomic E-state index is 0.0100. The van der Waals surface area contributed by atoms with Crippen LogP contribution in [0.15, 0.2) is 12.7 Å². The van der Waals surface area contributed by atoms with Crippen molar-refractivity contribution >= 4 is 8.03 Å². The second-order valence-electron chi connectivity index (χ2n) is 2.14. The van der Waals surface area contributed by atoms with Gasteiger partial charge in [0.15, 0.2) is 12.3 Å². The summed E-state index contributed by atoms with van der Waals surface area (Å²) in [5.41, 5.74) is 0.0100. The van der Waals surface area contributed by atoms with Crippen molar-refractivity contribution in [1.82, 2.24) is 0 Å². The molecule has 2 nitrogen and oxygen atoms in total. The maximum atomic E-state index is 11.1. The quantitative estimate of drug-likeness (QED) is 0.360. The first-order chi connectivity index (χ1) is 5.22. The molecule has 0 spiro atoms. The van der Waals surface area contributed by atoms with E-state index < -0.39 is 8.03 Å². The van der Waals surface area contributed by atoms with Crippen LogP contribution in [0.5, 0.6) is 0 Å². The van der Waals surface area contributed by atoms with Crippen LogP contribution in [-0.4, -0.2) is 12.3 Å². The van der Waals surface area contributed by atoms with Gasteiger partial charge in [0.1, 0.15) is 0 Å². The Morgan fingerprint density at radius 1 is 1.91 bits per heavy atom. The standard InChI is InChI=1S/C8H12O2P/c1-4-6-8(3)11(9)10-7-5-2/h2,4,8H,1,6-7H2,3H3/q+1. The molecule has 0 radical (unpaired) electrons. The molecule has 0 fully saturated rings. The summed E-state index contributed by atoms with van der Waals surface area (Å²) in [5, 5.41) is 0. The first kappa shape index (κ1) is 10.4. The summed E-state index contributed by atoms with van der Waals surface area (Å²) in [6.07, 6.45) is 7.34. The second kappa shape index (κ2) is 6.09. The lowest BCUT2D eigenvalue weighted by Crippen LogP contribution is -1.95. The molecule has 0 aromatic rings. The van der Waals surface area contributed by atoms with Crippen molar-refractivity contribution in [3.05, 3.63) is 12.7 Å². The summed E-state index contributed by atoms with van der Waals surface area (Å²) >= 11 is 0. The number of hydrogen-bond acceptors (Lipinski definition) is 2. The van der Waals surface area contributed by atoms with Crippen LogP contribution < -0.4 is 0 Å². The summed E-state index contributed by atoms with van der Waals surface area (Å²) in [4.78, 5) is 0. The van der Waals surface area contributed by atoms with Crippen LogP contribution in [0.2, 0.25) is 0 Å². The lowest BCUT2D eigenvalue weighted by Gasteiger charge is -1.91. The fraction of sp³-hybridized carbons (Fsp3) is 0.500. The fourth-order valence-electron chi connectivity index (χ4n) is 0.555. The van der Waals surface area contributed by atoms with E-state index in [-0.39, 0.29) is 12.3 Å². The average molecular weight is 171 g/mol. The van der Waals surface area contributed by atoms with Crippen molar-refractivity contribution < 1.29 is 9.09 Å². The van der Waals surface area contributed by atoms with Gasteiger partial charge in [-0.1, -0.05) is 12.0 Å². The summed E-state index contributed by atoms with van der Waals surface area (Å²) in [5.74, 6) is 2.26. The molecule has 0 aromatic carbocycles. The van der Waals surface area contributed by atoms with E-state index in [0.29, 0.717) is 6.42 Å². The van der Waals surface area contributed by atoms with Gasteiger partial charge in [-0.25, -0.2) is 0 Å². The molecule has 3 heteroatoms. The molecule has 60 valence electrons. The highest BCUT2D eigenvalue weighted by atomic mass is 31.1. The maximum absolute atomic E-state index is 11.1. The zero-order chi connectivity index (χ0) is 8.69. The van der Waals surface area contributed by atoms with E-state index in [9.17, 15) is 4.57 Å². The Balaban J connectivity index is 3.65. The molecule has 0 amide bonds. The highest BCUT2D eigenvalue weighted by Crippen LogP contribution is 2.30. The van der Waals surface area contributed by atoms with Gasteiger partial charge >= 0.3 is 8.03 Å². The predicted octanol–water partition coefficient (Wildman–Crippen LogP) is 2.34. The van der Waals surface area contributed by atoms with Crippen molar-refractivity contribution in [2.45, 2.75) is 19.0 Å². The van der Waals surface area contributed by atoms with Gasteiger partial charge in [0.05, 0.1) is 0 Å². The Hall–Kier alpha value is -0.640. The van der Waals surface area contributed by atoms with Crippen LogP contribution in [0.4, 0.5) is 0 Å². The third-order valence-corrected chi connectivity index (χ3v) is 2.46. The molecular weight excluding hydrogens is 159 g/mol. The Labute approximate surface area is 68.5 Å². The highest BCUT2D eigenvalue weighted by Gasteiger charge is 2.25. The molecule has 0 aromatic heterocycles. The van der Waals surface area contributed by atoms with E-state index in [0.717, 1.165) is 0 Å². The molecule has 2 unspecified atom stereocenters. The summed E-state index contributed by atoms with van der Waals surface area (Å²) in [6, 6.07) is 0. The lowest BCUT2D eigenvalue weighted by molar-refractivity contribution is 0.371. The smallest absolute Gasteiger partial charge is 0.133 e. The Bertz CT molecular complexity index is 181. The third kappa shape index (κ3) is 4.72. The van der Waals surface area contributed by atoms with Gasteiger partial charge in [-0.3, -0.25) is 0 Å². The minimum Gasteiger partial charge on any atom is -0.133 e. The first-order valence-corrected chi connectivity index (χ1v) is 4.60. The molecule has 0 saturated carbocycles. The van der Waals surface area contributed by atoms with Crippen molar-refractivity contribution in [2.24, 2.45) is 0 Å². The molecule has 0 N–H and O–H groups in total. The summed E-state index contributed by atoms with van der Waals surface area (Å²) in [6.45, 7) is 5.50. The van der Waals surface area contributed by atoms with Gasteiger partial charge in [-0.15, -0.1) is 17.5 Å². The molecule has 0 heterocycles. The summed E-state index contributed by atoms with van der Waals surface area (Å²) in [7, 11) is -1.62. The molecule has 11 heavy (non-hydrogen) atoms. The van der Waals surface area contributed by atoms with Gasteiger partial charge < -0.3 is 0 Å². The van der Waals surface area contributed by atoms with Crippen molar-refractivity contribution in [3.63, 3.8) is 0 Å². The monoisotopic (exact) mass is 171 g/mol. The van der Waals surface area contributed by atoms with Crippen molar-refractivity contribution in [3.8, 4) is 12.3 Å². The average Bonchev–Trinajstić information content (AvgIpc) is 2.00. The fourth-order valence-corrected chi connectivity index (χ4v) is 1.33. The Morgan fingerprint density at radius 3 is 3.00 bits per heavy atom. The van der Waals surface area contributed by atoms with E-state index in [4.69, 9.17) is 10.9 Å². The number of hydrogen-bond donors (Lipinski definition) is 0. The van der Waals surface area contributed by atoms with E-state index in [1.54, 1.807) is 6.08 Å². The molecule has 0 rings (SSSR count). The molecule has 0 aliphatic carbocycles. The van der Waals surface area contributed by atoms with Crippen LogP contribution in [0.25, 0.3) is 0 Å². The number of terminal acetylenes is 1. The van der Waals surface area contributed by atoms with Crippen LogP contribution in [0.3, 0.4) is 0 Å². The third-order valence-electron chi connectivity index (χ3n) is 1.14. The first-order valence-electron chi connectivity index (χ1n) is 3.36. The lowest BCUT2D eigenvalue weighted by atomic mass is 10.3. The minimum atomic E-state index is -1.62. The van der Waals surface area contributed by atoms with Crippen LogP contribution in [-0.2, 0) is 9.09 Å². The zero-order valence-corrected chi connectivity index (χ0v) is 7.51.